The molecule has 1 heterocycles. The van der Waals surface area contributed by atoms with E-state index in [1.54, 1.807) is 7.11 Å². The van der Waals surface area contributed by atoms with Gasteiger partial charge >= 0.3 is 0 Å². The average molecular weight is 247 g/mol. The zero-order chi connectivity index (χ0) is 12.6. The fourth-order valence-corrected chi connectivity index (χ4v) is 3.26. The summed E-state index contributed by atoms with van der Waals surface area (Å²) >= 11 is 0. The maximum atomic E-state index is 12.0. The second kappa shape index (κ2) is 4.03. The van der Waals surface area contributed by atoms with E-state index in [0.717, 1.165) is 21.8 Å². The molecule has 0 aliphatic rings. The summed E-state index contributed by atoms with van der Waals surface area (Å²) in [6.45, 7) is 6.50. The molecule has 0 aliphatic heterocycles. The highest BCUT2D eigenvalue weighted by molar-refractivity contribution is 6.88. The molecule has 1 aromatic carbocycles. The third-order valence-electron chi connectivity index (χ3n) is 2.88. The van der Waals surface area contributed by atoms with Crippen molar-refractivity contribution < 1.29 is 4.74 Å². The molecule has 17 heavy (non-hydrogen) atoms. The molecule has 1 aromatic heterocycles. The molecule has 4 heteroatoms. The van der Waals surface area contributed by atoms with Crippen molar-refractivity contribution in [2.24, 2.45) is 0 Å². The Balaban J connectivity index is 2.83. The fraction of sp³-hybridized carbons (Fsp3) is 0.308. The number of methoxy groups -OCH3 is 1. The summed E-state index contributed by atoms with van der Waals surface area (Å²) in [5, 5.41) is 1.89. The third kappa shape index (κ3) is 2.13. The molecule has 0 unspecified atom stereocenters. The summed E-state index contributed by atoms with van der Waals surface area (Å²) in [5.74, 6) is 0.804. The van der Waals surface area contributed by atoms with E-state index in [-0.39, 0.29) is 5.56 Å². The Morgan fingerprint density at radius 2 is 1.94 bits per heavy atom. The minimum Gasteiger partial charge on any atom is -0.496 e. The Morgan fingerprint density at radius 1 is 1.24 bits per heavy atom. The van der Waals surface area contributed by atoms with Gasteiger partial charge in [-0.05, 0) is 18.2 Å². The van der Waals surface area contributed by atoms with Gasteiger partial charge in [-0.3, -0.25) is 4.79 Å². The molecule has 0 saturated carbocycles. The first-order chi connectivity index (χ1) is 7.93. The number of aromatic nitrogens is 1. The van der Waals surface area contributed by atoms with E-state index in [2.05, 4.69) is 24.6 Å². The van der Waals surface area contributed by atoms with Gasteiger partial charge in [0.2, 0.25) is 5.56 Å². The standard InChI is InChI=1S/C13H17NO2Si/c1-16-11-7-5-6-10-9(11)8-12(13(15)14-10)17(2,3)4/h5-8H,1-4H3,(H,14,15). The molecule has 1 N–H and O–H groups in total. The van der Waals surface area contributed by atoms with Gasteiger partial charge < -0.3 is 9.72 Å². The quantitative estimate of drug-likeness (QED) is 0.826. The van der Waals surface area contributed by atoms with E-state index in [1.807, 2.05) is 24.3 Å². The Kier molecular flexibility index (Phi) is 2.83. The van der Waals surface area contributed by atoms with Crippen LogP contribution in [-0.2, 0) is 0 Å². The van der Waals surface area contributed by atoms with Crippen LogP contribution in [0.15, 0.2) is 29.1 Å². The molecule has 90 valence electrons. The summed E-state index contributed by atoms with van der Waals surface area (Å²) in [6.07, 6.45) is 0. The monoisotopic (exact) mass is 247 g/mol. The van der Waals surface area contributed by atoms with Crippen LogP contribution in [0.5, 0.6) is 5.75 Å². The van der Waals surface area contributed by atoms with Crippen LogP contribution in [0, 0.1) is 0 Å². The van der Waals surface area contributed by atoms with Gasteiger partial charge in [0.05, 0.1) is 20.7 Å². The zero-order valence-corrected chi connectivity index (χ0v) is 11.6. The Morgan fingerprint density at radius 3 is 2.53 bits per heavy atom. The second-order valence-electron chi connectivity index (χ2n) is 5.18. The van der Waals surface area contributed by atoms with Crippen LogP contribution in [0.1, 0.15) is 0 Å². The van der Waals surface area contributed by atoms with E-state index in [4.69, 9.17) is 4.74 Å². The lowest BCUT2D eigenvalue weighted by molar-refractivity contribution is 0.420. The van der Waals surface area contributed by atoms with Crippen molar-refractivity contribution in [1.29, 1.82) is 0 Å². The molecule has 2 rings (SSSR count). The first-order valence-corrected chi connectivity index (χ1v) is 9.14. The minimum atomic E-state index is -1.63. The number of hydrogen-bond acceptors (Lipinski definition) is 2. The van der Waals surface area contributed by atoms with Crippen molar-refractivity contribution >= 4 is 24.2 Å². The minimum absolute atomic E-state index is 0.0323. The van der Waals surface area contributed by atoms with Crippen LogP contribution in [-0.4, -0.2) is 20.2 Å². The molecule has 0 saturated heterocycles. The molecule has 0 bridgehead atoms. The SMILES string of the molecule is COc1cccc2[nH]c(=O)c([Si](C)(C)C)cc12. The van der Waals surface area contributed by atoms with Gasteiger partial charge in [0.1, 0.15) is 5.75 Å². The van der Waals surface area contributed by atoms with Crippen LogP contribution < -0.4 is 15.5 Å². The predicted octanol–water partition coefficient (Wildman–Crippen LogP) is 2.08. The summed E-state index contributed by atoms with van der Waals surface area (Å²) < 4.78 is 5.33. The molecule has 2 aromatic rings. The van der Waals surface area contributed by atoms with Crippen molar-refractivity contribution in [1.82, 2.24) is 4.98 Å². The van der Waals surface area contributed by atoms with E-state index in [9.17, 15) is 4.79 Å². The van der Waals surface area contributed by atoms with E-state index in [1.165, 1.54) is 0 Å². The van der Waals surface area contributed by atoms with Crippen molar-refractivity contribution in [2.75, 3.05) is 7.11 Å². The molecular weight excluding hydrogens is 230 g/mol. The molecule has 0 atom stereocenters. The third-order valence-corrected chi connectivity index (χ3v) is 4.86. The number of pyridine rings is 1. The summed E-state index contributed by atoms with van der Waals surface area (Å²) in [6, 6.07) is 7.67. The number of fused-ring (bicyclic) bond motifs is 1. The smallest absolute Gasteiger partial charge is 0.247 e. The molecule has 0 amide bonds. The maximum absolute atomic E-state index is 12.0. The van der Waals surface area contributed by atoms with Crippen LogP contribution >= 0.6 is 0 Å². The van der Waals surface area contributed by atoms with Crippen LogP contribution in [0.4, 0.5) is 0 Å². The summed E-state index contributed by atoms with van der Waals surface area (Å²) in [4.78, 5) is 15.0. The Labute approximate surface area is 101 Å². The van der Waals surface area contributed by atoms with Gasteiger partial charge in [-0.1, -0.05) is 25.7 Å². The normalized spacial score (nSPS) is 11.8. The molecule has 0 spiro atoms. The van der Waals surface area contributed by atoms with Crippen molar-refractivity contribution in [2.45, 2.75) is 19.6 Å². The van der Waals surface area contributed by atoms with E-state index in [0.29, 0.717) is 0 Å². The number of H-pyrrole nitrogens is 1. The van der Waals surface area contributed by atoms with Gasteiger partial charge in [-0.2, -0.15) is 0 Å². The number of rotatable bonds is 2. The van der Waals surface area contributed by atoms with Gasteiger partial charge in [-0.25, -0.2) is 0 Å². The van der Waals surface area contributed by atoms with Crippen LogP contribution in [0.2, 0.25) is 19.6 Å². The second-order valence-corrected chi connectivity index (χ2v) is 10.2. The lowest BCUT2D eigenvalue weighted by atomic mass is 10.2. The fourth-order valence-electron chi connectivity index (χ4n) is 1.94. The predicted molar refractivity (Wildman–Crippen MR) is 74.1 cm³/mol. The molecule has 0 radical (unpaired) electrons. The van der Waals surface area contributed by atoms with E-state index < -0.39 is 8.07 Å². The first kappa shape index (κ1) is 11.9. The van der Waals surface area contributed by atoms with Crippen LogP contribution in [0.25, 0.3) is 10.9 Å². The van der Waals surface area contributed by atoms with Crippen molar-refractivity contribution in [3.8, 4) is 5.75 Å². The van der Waals surface area contributed by atoms with Crippen molar-refractivity contribution in [3.05, 3.63) is 34.6 Å². The Hall–Kier alpha value is -1.55. The number of ether oxygens (including phenoxy) is 1. The zero-order valence-electron chi connectivity index (χ0n) is 10.6. The lowest BCUT2D eigenvalue weighted by Crippen LogP contribution is -2.47. The summed E-state index contributed by atoms with van der Waals surface area (Å²) in [7, 11) is 0.0168. The number of hydrogen-bond donors (Lipinski definition) is 1. The van der Waals surface area contributed by atoms with Gasteiger partial charge in [0.15, 0.2) is 0 Å². The van der Waals surface area contributed by atoms with E-state index >= 15 is 0 Å². The molecule has 0 fully saturated rings. The van der Waals surface area contributed by atoms with Gasteiger partial charge in [0, 0.05) is 10.6 Å². The first-order valence-electron chi connectivity index (χ1n) is 5.64. The van der Waals surface area contributed by atoms with Gasteiger partial charge in [0.25, 0.3) is 0 Å². The highest BCUT2D eigenvalue weighted by atomic mass is 28.3. The van der Waals surface area contributed by atoms with Crippen LogP contribution in [0.3, 0.4) is 0 Å². The number of benzene rings is 1. The molecule has 0 aliphatic carbocycles. The molecular formula is C13H17NO2Si. The number of aromatic amines is 1. The molecule has 3 nitrogen and oxygen atoms in total. The maximum Gasteiger partial charge on any atom is 0.247 e. The average Bonchev–Trinajstić information content (AvgIpc) is 2.25. The summed E-state index contributed by atoms with van der Waals surface area (Å²) in [5.41, 5.74) is 0.862. The van der Waals surface area contributed by atoms with Crippen molar-refractivity contribution in [3.63, 3.8) is 0 Å². The number of nitrogens with one attached hydrogen (secondary N) is 1. The Bertz CT molecular complexity index is 611. The lowest BCUT2D eigenvalue weighted by Gasteiger charge is -2.16. The highest BCUT2D eigenvalue weighted by Crippen LogP contribution is 2.22. The van der Waals surface area contributed by atoms with Gasteiger partial charge in [-0.15, -0.1) is 0 Å². The highest BCUT2D eigenvalue weighted by Gasteiger charge is 2.21. The topological polar surface area (TPSA) is 42.1 Å². The largest absolute Gasteiger partial charge is 0.496 e.